The molecule has 3 nitrogen and oxygen atoms in total. The number of piperidine rings is 1. The summed E-state index contributed by atoms with van der Waals surface area (Å²) in [5.74, 6) is 0.373. The van der Waals surface area contributed by atoms with E-state index < -0.39 is 0 Å². The van der Waals surface area contributed by atoms with Gasteiger partial charge in [0.05, 0.1) is 6.10 Å². The standard InChI is InChI=1S/C17H28N2O/c1-14-11-19(10-9-16(14)20)13-17(2,12-18-3)15-7-5-4-6-8-15/h4-8,14,16,18,20H,9-13H2,1-3H3. The minimum absolute atomic E-state index is 0.109. The van der Waals surface area contributed by atoms with Gasteiger partial charge in [0, 0.05) is 31.6 Å². The molecular weight excluding hydrogens is 248 g/mol. The van der Waals surface area contributed by atoms with E-state index in [0.717, 1.165) is 32.6 Å². The van der Waals surface area contributed by atoms with Crippen molar-refractivity contribution in [3.8, 4) is 0 Å². The maximum atomic E-state index is 9.88. The molecule has 1 aliphatic rings. The molecule has 1 aliphatic heterocycles. The maximum Gasteiger partial charge on any atom is 0.0590 e. The van der Waals surface area contributed by atoms with Crippen LogP contribution in [0, 0.1) is 5.92 Å². The molecular formula is C17H28N2O. The van der Waals surface area contributed by atoms with Crippen molar-refractivity contribution in [1.82, 2.24) is 10.2 Å². The molecule has 0 saturated carbocycles. The summed E-state index contributed by atoms with van der Waals surface area (Å²) in [5.41, 5.74) is 1.49. The van der Waals surface area contributed by atoms with Crippen LogP contribution in [-0.4, -0.2) is 49.3 Å². The second-order valence-electron chi connectivity index (χ2n) is 6.53. The van der Waals surface area contributed by atoms with Crippen LogP contribution >= 0.6 is 0 Å². The molecule has 3 unspecified atom stereocenters. The highest BCUT2D eigenvalue weighted by Gasteiger charge is 2.32. The fourth-order valence-corrected chi connectivity index (χ4v) is 3.34. The number of rotatable bonds is 5. The van der Waals surface area contributed by atoms with Crippen molar-refractivity contribution in [2.75, 3.05) is 33.2 Å². The highest BCUT2D eigenvalue weighted by Crippen LogP contribution is 2.27. The predicted molar refractivity (Wildman–Crippen MR) is 83.9 cm³/mol. The van der Waals surface area contributed by atoms with E-state index in [0.29, 0.717) is 5.92 Å². The van der Waals surface area contributed by atoms with Gasteiger partial charge in [-0.25, -0.2) is 0 Å². The van der Waals surface area contributed by atoms with Crippen molar-refractivity contribution in [3.63, 3.8) is 0 Å². The predicted octanol–water partition coefficient (Wildman–Crippen LogP) is 1.87. The highest BCUT2D eigenvalue weighted by atomic mass is 16.3. The molecule has 0 bridgehead atoms. The Kier molecular flexibility index (Phi) is 5.19. The zero-order chi connectivity index (χ0) is 14.6. The molecule has 1 aromatic rings. The van der Waals surface area contributed by atoms with Crippen LogP contribution in [0.5, 0.6) is 0 Å². The molecule has 20 heavy (non-hydrogen) atoms. The van der Waals surface area contributed by atoms with Gasteiger partial charge in [-0.3, -0.25) is 0 Å². The third-order valence-corrected chi connectivity index (χ3v) is 4.55. The Balaban J connectivity index is 2.09. The van der Waals surface area contributed by atoms with Crippen molar-refractivity contribution in [2.45, 2.75) is 31.8 Å². The minimum Gasteiger partial charge on any atom is -0.393 e. The summed E-state index contributed by atoms with van der Waals surface area (Å²) in [6, 6.07) is 10.7. The number of aliphatic hydroxyl groups is 1. The summed E-state index contributed by atoms with van der Waals surface area (Å²) in [6.07, 6.45) is 0.768. The topological polar surface area (TPSA) is 35.5 Å². The number of nitrogens with one attached hydrogen (secondary N) is 1. The molecule has 0 amide bonds. The summed E-state index contributed by atoms with van der Waals surface area (Å²) < 4.78 is 0. The first kappa shape index (κ1) is 15.5. The lowest BCUT2D eigenvalue weighted by Crippen LogP contribution is -2.50. The molecule has 0 spiro atoms. The summed E-state index contributed by atoms with van der Waals surface area (Å²) >= 11 is 0. The minimum atomic E-state index is -0.126. The molecule has 1 saturated heterocycles. The first-order valence-electron chi connectivity index (χ1n) is 7.66. The Bertz CT molecular complexity index is 409. The van der Waals surface area contributed by atoms with E-state index in [1.807, 2.05) is 7.05 Å². The third kappa shape index (κ3) is 3.60. The third-order valence-electron chi connectivity index (χ3n) is 4.55. The van der Waals surface area contributed by atoms with E-state index in [9.17, 15) is 5.11 Å². The van der Waals surface area contributed by atoms with Gasteiger partial charge in [-0.15, -0.1) is 0 Å². The molecule has 1 aromatic carbocycles. The van der Waals surface area contributed by atoms with Crippen LogP contribution in [0.1, 0.15) is 25.8 Å². The van der Waals surface area contributed by atoms with Crippen LogP contribution in [0.15, 0.2) is 30.3 Å². The lowest BCUT2D eigenvalue weighted by molar-refractivity contribution is 0.0270. The molecule has 1 heterocycles. The van der Waals surface area contributed by atoms with Crippen molar-refractivity contribution in [3.05, 3.63) is 35.9 Å². The van der Waals surface area contributed by atoms with Crippen molar-refractivity contribution in [1.29, 1.82) is 0 Å². The van der Waals surface area contributed by atoms with Crippen molar-refractivity contribution >= 4 is 0 Å². The van der Waals surface area contributed by atoms with Gasteiger partial charge in [-0.1, -0.05) is 44.2 Å². The van der Waals surface area contributed by atoms with Crippen LogP contribution in [0.3, 0.4) is 0 Å². The van der Waals surface area contributed by atoms with E-state index in [-0.39, 0.29) is 11.5 Å². The van der Waals surface area contributed by atoms with Gasteiger partial charge in [0.15, 0.2) is 0 Å². The molecule has 0 radical (unpaired) electrons. The monoisotopic (exact) mass is 276 g/mol. The first-order chi connectivity index (χ1) is 9.55. The van der Waals surface area contributed by atoms with E-state index in [1.165, 1.54) is 5.56 Å². The van der Waals surface area contributed by atoms with Crippen LogP contribution in [0.4, 0.5) is 0 Å². The van der Waals surface area contributed by atoms with E-state index >= 15 is 0 Å². The summed E-state index contributed by atoms with van der Waals surface area (Å²) in [6.45, 7) is 8.47. The van der Waals surface area contributed by atoms with E-state index in [2.05, 4.69) is 54.4 Å². The fourth-order valence-electron chi connectivity index (χ4n) is 3.34. The Hall–Kier alpha value is -0.900. The highest BCUT2D eigenvalue weighted by molar-refractivity contribution is 5.25. The Morgan fingerprint density at radius 2 is 2.05 bits per heavy atom. The molecule has 2 rings (SSSR count). The van der Waals surface area contributed by atoms with Crippen LogP contribution in [0.2, 0.25) is 0 Å². The van der Waals surface area contributed by atoms with Crippen LogP contribution in [0.25, 0.3) is 0 Å². The smallest absolute Gasteiger partial charge is 0.0590 e. The van der Waals surface area contributed by atoms with Crippen molar-refractivity contribution in [2.24, 2.45) is 5.92 Å². The molecule has 1 fully saturated rings. The number of aliphatic hydroxyl groups excluding tert-OH is 1. The van der Waals surface area contributed by atoms with Gasteiger partial charge < -0.3 is 15.3 Å². The normalized spacial score (nSPS) is 27.2. The number of nitrogens with zero attached hydrogens (tertiary/aromatic N) is 1. The number of benzene rings is 1. The maximum absolute atomic E-state index is 9.88. The molecule has 0 aliphatic carbocycles. The van der Waals surface area contributed by atoms with Gasteiger partial charge in [-0.05, 0) is 24.9 Å². The zero-order valence-electron chi connectivity index (χ0n) is 13.0. The van der Waals surface area contributed by atoms with Gasteiger partial charge in [0.25, 0.3) is 0 Å². The molecule has 3 heteroatoms. The van der Waals surface area contributed by atoms with E-state index in [4.69, 9.17) is 0 Å². The van der Waals surface area contributed by atoms with E-state index in [1.54, 1.807) is 0 Å². The summed E-state index contributed by atoms with van der Waals surface area (Å²) in [4.78, 5) is 2.50. The number of likely N-dealkylation sites (N-methyl/N-ethyl adjacent to an activating group) is 1. The first-order valence-corrected chi connectivity index (χ1v) is 7.66. The average Bonchev–Trinajstić information content (AvgIpc) is 2.44. The van der Waals surface area contributed by atoms with Crippen LogP contribution < -0.4 is 5.32 Å². The van der Waals surface area contributed by atoms with Gasteiger partial charge in [0.2, 0.25) is 0 Å². The van der Waals surface area contributed by atoms with Gasteiger partial charge in [0.1, 0.15) is 0 Å². The average molecular weight is 276 g/mol. The quantitative estimate of drug-likeness (QED) is 0.862. The Labute approximate surface area is 123 Å². The number of likely N-dealkylation sites (tertiary alicyclic amines) is 1. The molecule has 0 aromatic heterocycles. The summed E-state index contributed by atoms with van der Waals surface area (Å²) in [5, 5.41) is 13.2. The molecule has 2 N–H and O–H groups in total. The van der Waals surface area contributed by atoms with Gasteiger partial charge in [-0.2, -0.15) is 0 Å². The summed E-state index contributed by atoms with van der Waals surface area (Å²) in [7, 11) is 2.02. The SMILES string of the molecule is CNCC(C)(CN1CCC(O)C(C)C1)c1ccccc1. The molecule has 112 valence electrons. The van der Waals surface area contributed by atoms with Crippen LogP contribution in [-0.2, 0) is 5.41 Å². The number of hydrogen-bond acceptors (Lipinski definition) is 3. The fraction of sp³-hybridized carbons (Fsp3) is 0.647. The lowest BCUT2D eigenvalue weighted by Gasteiger charge is -2.41. The van der Waals surface area contributed by atoms with Crippen molar-refractivity contribution < 1.29 is 5.11 Å². The molecule has 3 atom stereocenters. The second kappa shape index (κ2) is 6.70. The Morgan fingerprint density at radius 1 is 1.35 bits per heavy atom. The number of hydrogen-bond donors (Lipinski definition) is 2. The second-order valence-corrected chi connectivity index (χ2v) is 6.53. The Morgan fingerprint density at radius 3 is 2.65 bits per heavy atom. The lowest BCUT2D eigenvalue weighted by atomic mass is 9.81. The largest absolute Gasteiger partial charge is 0.393 e. The zero-order valence-corrected chi connectivity index (χ0v) is 13.0. The van der Waals surface area contributed by atoms with Gasteiger partial charge >= 0.3 is 0 Å².